The van der Waals surface area contributed by atoms with E-state index < -0.39 is 0 Å². The molecule has 0 saturated carbocycles. The minimum atomic E-state index is 0.0944. The zero-order valence-electron chi connectivity index (χ0n) is 7.95. The van der Waals surface area contributed by atoms with Crippen LogP contribution in [0.1, 0.15) is 13.8 Å². The Labute approximate surface area is 74.2 Å². The van der Waals surface area contributed by atoms with Crippen LogP contribution < -0.4 is 11.5 Å². The fourth-order valence-corrected chi connectivity index (χ4v) is 0.645. The van der Waals surface area contributed by atoms with E-state index in [9.17, 15) is 0 Å². The van der Waals surface area contributed by atoms with Gasteiger partial charge in [-0.15, -0.1) is 0 Å². The zero-order valence-corrected chi connectivity index (χ0v) is 7.95. The summed E-state index contributed by atoms with van der Waals surface area (Å²) in [7, 11) is 0. The summed E-state index contributed by atoms with van der Waals surface area (Å²) in [5.74, 6) is 0. The molecule has 0 aromatic carbocycles. The molecule has 0 aromatic rings. The Morgan fingerprint density at radius 3 is 2.42 bits per heavy atom. The van der Waals surface area contributed by atoms with Gasteiger partial charge in [-0.1, -0.05) is 0 Å². The standard InChI is InChI=1S/C8H20N2O2/c1-7(10)6-11-3-4-12-8(2)5-9/h7-8H,3-6,9-10H2,1-2H3. The second kappa shape index (κ2) is 7.49. The average molecular weight is 176 g/mol. The molecule has 0 saturated heterocycles. The third-order valence-electron chi connectivity index (χ3n) is 1.34. The minimum absolute atomic E-state index is 0.0944. The molecule has 2 unspecified atom stereocenters. The first-order valence-corrected chi connectivity index (χ1v) is 4.31. The first-order valence-electron chi connectivity index (χ1n) is 4.31. The molecule has 4 nitrogen and oxygen atoms in total. The highest BCUT2D eigenvalue weighted by Crippen LogP contribution is 1.87. The molecule has 0 bridgehead atoms. The Bertz CT molecular complexity index is 99.1. The topological polar surface area (TPSA) is 70.5 Å². The quantitative estimate of drug-likeness (QED) is 0.523. The van der Waals surface area contributed by atoms with Crippen molar-refractivity contribution in [3.63, 3.8) is 0 Å². The first kappa shape index (κ1) is 11.8. The second-order valence-electron chi connectivity index (χ2n) is 2.97. The molecule has 0 rings (SSSR count). The number of rotatable bonds is 7. The summed E-state index contributed by atoms with van der Waals surface area (Å²) in [5.41, 5.74) is 10.8. The maximum absolute atomic E-state index is 5.47. The van der Waals surface area contributed by atoms with Gasteiger partial charge in [0, 0.05) is 12.6 Å². The third kappa shape index (κ3) is 7.94. The van der Waals surface area contributed by atoms with E-state index >= 15 is 0 Å². The lowest BCUT2D eigenvalue weighted by molar-refractivity contribution is 0.0137. The highest BCUT2D eigenvalue weighted by atomic mass is 16.5. The van der Waals surface area contributed by atoms with Crippen LogP contribution in [0.4, 0.5) is 0 Å². The van der Waals surface area contributed by atoms with E-state index in [1.54, 1.807) is 0 Å². The first-order chi connectivity index (χ1) is 5.66. The fraction of sp³-hybridized carbons (Fsp3) is 1.00. The molecule has 2 atom stereocenters. The van der Waals surface area contributed by atoms with Crippen LogP contribution in [0, 0.1) is 0 Å². The molecule has 74 valence electrons. The summed E-state index contributed by atoms with van der Waals surface area (Å²) in [5, 5.41) is 0. The lowest BCUT2D eigenvalue weighted by atomic mass is 10.4. The highest BCUT2D eigenvalue weighted by Gasteiger charge is 1.98. The molecular formula is C8H20N2O2. The predicted molar refractivity (Wildman–Crippen MR) is 48.9 cm³/mol. The van der Waals surface area contributed by atoms with E-state index in [1.165, 1.54) is 0 Å². The van der Waals surface area contributed by atoms with Gasteiger partial charge in [-0.2, -0.15) is 0 Å². The normalized spacial score (nSPS) is 16.0. The van der Waals surface area contributed by atoms with E-state index in [0.717, 1.165) is 0 Å². The SMILES string of the molecule is CC(N)COCCOC(C)CN. The van der Waals surface area contributed by atoms with Crippen molar-refractivity contribution in [3.05, 3.63) is 0 Å². The largest absolute Gasteiger partial charge is 0.377 e. The van der Waals surface area contributed by atoms with Gasteiger partial charge in [0.05, 0.1) is 25.9 Å². The van der Waals surface area contributed by atoms with E-state index in [2.05, 4.69) is 0 Å². The summed E-state index contributed by atoms with van der Waals surface area (Å²) >= 11 is 0. The molecule has 0 aliphatic carbocycles. The van der Waals surface area contributed by atoms with Crippen molar-refractivity contribution in [1.29, 1.82) is 0 Å². The van der Waals surface area contributed by atoms with Gasteiger partial charge >= 0.3 is 0 Å². The van der Waals surface area contributed by atoms with Crippen LogP contribution in [0.2, 0.25) is 0 Å². The lowest BCUT2D eigenvalue weighted by Gasteiger charge is -2.11. The van der Waals surface area contributed by atoms with Gasteiger partial charge < -0.3 is 20.9 Å². The molecule has 0 aromatic heterocycles. The molecule has 0 aliphatic heterocycles. The summed E-state index contributed by atoms with van der Waals surface area (Å²) < 4.78 is 10.5. The smallest absolute Gasteiger partial charge is 0.0704 e. The zero-order chi connectivity index (χ0) is 9.40. The summed E-state index contributed by atoms with van der Waals surface area (Å²) in [6.07, 6.45) is 0.115. The molecular weight excluding hydrogens is 156 g/mol. The maximum Gasteiger partial charge on any atom is 0.0704 e. The number of hydrogen-bond acceptors (Lipinski definition) is 4. The van der Waals surface area contributed by atoms with Crippen molar-refractivity contribution < 1.29 is 9.47 Å². The van der Waals surface area contributed by atoms with Gasteiger partial charge in [0.2, 0.25) is 0 Å². The molecule has 0 fully saturated rings. The van der Waals surface area contributed by atoms with Crippen molar-refractivity contribution in [2.45, 2.75) is 26.0 Å². The van der Waals surface area contributed by atoms with Gasteiger partial charge in [0.25, 0.3) is 0 Å². The Morgan fingerprint density at radius 2 is 1.92 bits per heavy atom. The number of ether oxygens (including phenoxy) is 2. The number of hydrogen-bond donors (Lipinski definition) is 2. The number of nitrogens with two attached hydrogens (primary N) is 2. The van der Waals surface area contributed by atoms with E-state index in [1.807, 2.05) is 13.8 Å². The molecule has 0 radical (unpaired) electrons. The van der Waals surface area contributed by atoms with E-state index in [4.69, 9.17) is 20.9 Å². The van der Waals surface area contributed by atoms with Crippen LogP contribution in [-0.2, 0) is 9.47 Å². The minimum Gasteiger partial charge on any atom is -0.377 e. The van der Waals surface area contributed by atoms with Crippen molar-refractivity contribution in [3.8, 4) is 0 Å². The van der Waals surface area contributed by atoms with Crippen LogP contribution in [0.5, 0.6) is 0 Å². The maximum atomic E-state index is 5.47. The summed E-state index contributed by atoms with van der Waals surface area (Å²) in [4.78, 5) is 0. The predicted octanol–water partition coefficient (Wildman–Crippen LogP) is -0.286. The molecule has 0 heterocycles. The molecule has 12 heavy (non-hydrogen) atoms. The van der Waals surface area contributed by atoms with Gasteiger partial charge in [-0.3, -0.25) is 0 Å². The van der Waals surface area contributed by atoms with Gasteiger partial charge in [-0.25, -0.2) is 0 Å². The summed E-state index contributed by atoms with van der Waals surface area (Å²) in [6, 6.07) is 0.0944. The van der Waals surface area contributed by atoms with Crippen molar-refractivity contribution >= 4 is 0 Å². The van der Waals surface area contributed by atoms with Crippen LogP contribution in [0.15, 0.2) is 0 Å². The van der Waals surface area contributed by atoms with Crippen LogP contribution >= 0.6 is 0 Å². The second-order valence-corrected chi connectivity index (χ2v) is 2.97. The molecule has 0 spiro atoms. The van der Waals surface area contributed by atoms with Crippen LogP contribution in [0.3, 0.4) is 0 Å². The van der Waals surface area contributed by atoms with E-state index in [-0.39, 0.29) is 12.1 Å². The molecule has 0 amide bonds. The van der Waals surface area contributed by atoms with Crippen molar-refractivity contribution in [2.24, 2.45) is 11.5 Å². The third-order valence-corrected chi connectivity index (χ3v) is 1.34. The molecule has 0 aliphatic rings. The Balaban J connectivity index is 3.00. The average Bonchev–Trinajstić information content (AvgIpc) is 2.03. The molecule has 4 N–H and O–H groups in total. The van der Waals surface area contributed by atoms with Gasteiger partial charge in [0.15, 0.2) is 0 Å². The van der Waals surface area contributed by atoms with Gasteiger partial charge in [-0.05, 0) is 13.8 Å². The van der Waals surface area contributed by atoms with Crippen LogP contribution in [-0.4, -0.2) is 38.5 Å². The van der Waals surface area contributed by atoms with E-state index in [0.29, 0.717) is 26.4 Å². The van der Waals surface area contributed by atoms with Crippen molar-refractivity contribution in [2.75, 3.05) is 26.4 Å². The highest BCUT2D eigenvalue weighted by molar-refractivity contribution is 4.50. The Morgan fingerprint density at radius 1 is 1.25 bits per heavy atom. The lowest BCUT2D eigenvalue weighted by Crippen LogP contribution is -2.25. The Kier molecular flexibility index (Phi) is 7.39. The van der Waals surface area contributed by atoms with Crippen molar-refractivity contribution in [1.82, 2.24) is 0 Å². The fourth-order valence-electron chi connectivity index (χ4n) is 0.645. The van der Waals surface area contributed by atoms with Gasteiger partial charge in [0.1, 0.15) is 0 Å². The van der Waals surface area contributed by atoms with Crippen LogP contribution in [0.25, 0.3) is 0 Å². The Hall–Kier alpha value is -0.160. The monoisotopic (exact) mass is 176 g/mol. The molecule has 4 heteroatoms. The summed E-state index contributed by atoms with van der Waals surface area (Å²) in [6.45, 7) is 6.15.